The van der Waals surface area contributed by atoms with Crippen molar-refractivity contribution in [2.45, 2.75) is 18.6 Å². The first-order valence-electron chi connectivity index (χ1n) is 9.86. The van der Waals surface area contributed by atoms with Crippen molar-refractivity contribution in [2.75, 3.05) is 7.11 Å². The molecule has 1 aliphatic rings. The van der Waals surface area contributed by atoms with Crippen LogP contribution in [0, 0.1) is 0 Å². The Hall–Kier alpha value is -4.67. The van der Waals surface area contributed by atoms with E-state index in [9.17, 15) is 40.5 Å². The smallest absolute Gasteiger partial charge is 0.338 e. The Morgan fingerprint density at radius 1 is 0.853 bits per heavy atom. The maximum Gasteiger partial charge on any atom is 0.338 e. The summed E-state index contributed by atoms with van der Waals surface area (Å²) in [6.07, 6.45) is -2.38. The van der Waals surface area contributed by atoms with Crippen molar-refractivity contribution in [3.8, 4) is 51.7 Å². The lowest BCUT2D eigenvalue weighted by Crippen LogP contribution is -2.34. The van der Waals surface area contributed by atoms with Crippen molar-refractivity contribution in [1.29, 1.82) is 0 Å². The topological polar surface area (TPSA) is 186 Å². The molecule has 0 radical (unpaired) electrons. The number of fused-ring (bicyclic) bond motifs is 1. The maximum atomic E-state index is 12.9. The number of hydrogen-bond acceptors (Lipinski definition) is 11. The van der Waals surface area contributed by atoms with E-state index in [2.05, 4.69) is 0 Å². The number of ether oxygens (including phenoxy) is 3. The molecule has 0 aromatic heterocycles. The highest BCUT2D eigenvalue weighted by Crippen LogP contribution is 2.46. The maximum absolute atomic E-state index is 12.9. The summed E-state index contributed by atoms with van der Waals surface area (Å²) in [5, 5.41) is 69.3. The van der Waals surface area contributed by atoms with Crippen molar-refractivity contribution < 1.29 is 54.8 Å². The monoisotopic (exact) mass is 472 g/mol. The van der Waals surface area contributed by atoms with Gasteiger partial charge in [0.05, 0.1) is 12.7 Å². The predicted molar refractivity (Wildman–Crippen MR) is 114 cm³/mol. The van der Waals surface area contributed by atoms with Crippen LogP contribution in [0.15, 0.2) is 36.4 Å². The molecule has 11 nitrogen and oxygen atoms in total. The number of carbonyl (C=O) groups is 1. The molecule has 0 amide bonds. The summed E-state index contributed by atoms with van der Waals surface area (Å²) in [5.74, 6) is -4.87. The van der Waals surface area contributed by atoms with Gasteiger partial charge in [0.15, 0.2) is 34.9 Å². The molecule has 0 fully saturated rings. The van der Waals surface area contributed by atoms with E-state index in [0.717, 1.165) is 30.3 Å². The fraction of sp³-hybridized carbons (Fsp3) is 0.174. The van der Waals surface area contributed by atoms with Gasteiger partial charge in [-0.05, 0) is 24.3 Å². The van der Waals surface area contributed by atoms with Crippen LogP contribution in [0.2, 0.25) is 0 Å². The van der Waals surface area contributed by atoms with Crippen LogP contribution >= 0.6 is 0 Å². The first-order valence-corrected chi connectivity index (χ1v) is 9.86. The minimum absolute atomic E-state index is 0.0748. The quantitative estimate of drug-likeness (QED) is 0.218. The van der Waals surface area contributed by atoms with Crippen LogP contribution in [0.3, 0.4) is 0 Å². The molecule has 1 aliphatic heterocycles. The van der Waals surface area contributed by atoms with Crippen LogP contribution in [-0.2, 0) is 11.2 Å². The summed E-state index contributed by atoms with van der Waals surface area (Å²) < 4.78 is 16.4. The summed E-state index contributed by atoms with van der Waals surface area (Å²) in [4.78, 5) is 12.9. The highest BCUT2D eigenvalue weighted by Gasteiger charge is 2.37. The number of phenolic OH excluding ortho intramolecular Hbond substituents is 7. The molecule has 0 bridgehead atoms. The molecule has 0 aliphatic carbocycles. The number of phenols is 7. The highest BCUT2D eigenvalue weighted by atomic mass is 16.6. The molecule has 4 rings (SSSR count). The zero-order valence-corrected chi connectivity index (χ0v) is 17.6. The van der Waals surface area contributed by atoms with Crippen molar-refractivity contribution in [3.05, 3.63) is 53.1 Å². The van der Waals surface area contributed by atoms with Crippen LogP contribution in [-0.4, -0.2) is 54.9 Å². The number of carbonyl (C=O) groups excluding carboxylic acids is 1. The van der Waals surface area contributed by atoms with E-state index in [1.807, 2.05) is 0 Å². The van der Waals surface area contributed by atoms with Gasteiger partial charge in [0.2, 0.25) is 5.75 Å². The van der Waals surface area contributed by atoms with Crippen molar-refractivity contribution in [3.63, 3.8) is 0 Å². The van der Waals surface area contributed by atoms with Crippen molar-refractivity contribution in [2.24, 2.45) is 0 Å². The van der Waals surface area contributed by atoms with Gasteiger partial charge >= 0.3 is 5.97 Å². The molecule has 2 atom stereocenters. The van der Waals surface area contributed by atoms with Gasteiger partial charge in [-0.15, -0.1) is 0 Å². The number of benzene rings is 3. The first kappa shape index (κ1) is 22.5. The fourth-order valence-corrected chi connectivity index (χ4v) is 3.70. The lowest BCUT2D eigenvalue weighted by Gasteiger charge is -2.34. The number of rotatable bonds is 4. The number of esters is 1. The summed E-state index contributed by atoms with van der Waals surface area (Å²) in [6, 6.07) is 6.65. The molecule has 178 valence electrons. The zero-order chi connectivity index (χ0) is 24.7. The van der Waals surface area contributed by atoms with E-state index < -0.39 is 46.9 Å². The molecule has 7 N–H and O–H groups in total. The van der Waals surface area contributed by atoms with Gasteiger partial charge in [-0.1, -0.05) is 0 Å². The number of hydrogen-bond donors (Lipinski definition) is 7. The Bertz CT molecular complexity index is 1260. The van der Waals surface area contributed by atoms with Crippen molar-refractivity contribution >= 4 is 5.97 Å². The molecule has 34 heavy (non-hydrogen) atoms. The number of aromatic hydroxyl groups is 7. The molecule has 11 heteroatoms. The Morgan fingerprint density at radius 3 is 2.15 bits per heavy atom. The van der Waals surface area contributed by atoms with Gasteiger partial charge in [0, 0.05) is 29.7 Å². The Labute approximate surface area is 191 Å². The van der Waals surface area contributed by atoms with Gasteiger partial charge < -0.3 is 50.0 Å². The molecular formula is C23H20O11. The standard InChI is InChI=1S/C23H20O11/c1-32-18-5-10(4-16(28)21(18)30)23(31)34-19-8-12-13(25)6-11(24)7-17(12)33-22(19)9-2-14(26)20(29)15(27)3-9/h2-7,19,22,24-30H,8H2,1H3/t19-,22+/m0/s1. The third-order valence-electron chi connectivity index (χ3n) is 5.36. The molecule has 1 heterocycles. The van der Waals surface area contributed by atoms with Crippen LogP contribution in [0.5, 0.6) is 51.7 Å². The number of methoxy groups -OCH3 is 1. The highest BCUT2D eigenvalue weighted by molar-refractivity contribution is 5.91. The molecule has 0 saturated heterocycles. The molecule has 0 spiro atoms. The molecule has 0 saturated carbocycles. The van der Waals surface area contributed by atoms with E-state index in [-0.39, 0.29) is 46.1 Å². The van der Waals surface area contributed by atoms with Crippen LogP contribution in [0.25, 0.3) is 0 Å². The third kappa shape index (κ3) is 3.94. The summed E-state index contributed by atoms with van der Waals surface area (Å²) in [7, 11) is 1.23. The van der Waals surface area contributed by atoms with E-state index >= 15 is 0 Å². The third-order valence-corrected chi connectivity index (χ3v) is 5.36. The average molecular weight is 472 g/mol. The summed E-state index contributed by atoms with van der Waals surface area (Å²) in [6.45, 7) is 0. The Kier molecular flexibility index (Phi) is 5.53. The zero-order valence-electron chi connectivity index (χ0n) is 17.6. The fourth-order valence-electron chi connectivity index (χ4n) is 3.70. The Balaban J connectivity index is 1.75. The first-order chi connectivity index (χ1) is 16.1. The normalized spacial score (nSPS) is 16.9. The van der Waals surface area contributed by atoms with Crippen molar-refractivity contribution in [1.82, 2.24) is 0 Å². The van der Waals surface area contributed by atoms with E-state index in [4.69, 9.17) is 14.2 Å². The second kappa shape index (κ2) is 8.35. The van der Waals surface area contributed by atoms with Crippen LogP contribution in [0.1, 0.15) is 27.6 Å². The van der Waals surface area contributed by atoms with E-state index in [0.29, 0.717) is 0 Å². The van der Waals surface area contributed by atoms with Gasteiger partial charge in [0.1, 0.15) is 23.4 Å². The van der Waals surface area contributed by atoms with Gasteiger partial charge in [-0.3, -0.25) is 0 Å². The lowest BCUT2D eigenvalue weighted by molar-refractivity contribution is -0.0189. The largest absolute Gasteiger partial charge is 0.508 e. The summed E-state index contributed by atoms with van der Waals surface area (Å²) in [5.41, 5.74) is 0.179. The Morgan fingerprint density at radius 2 is 1.50 bits per heavy atom. The summed E-state index contributed by atoms with van der Waals surface area (Å²) >= 11 is 0. The molecule has 0 unspecified atom stereocenters. The van der Waals surface area contributed by atoms with Crippen LogP contribution < -0.4 is 9.47 Å². The van der Waals surface area contributed by atoms with E-state index in [1.165, 1.54) is 13.2 Å². The van der Waals surface area contributed by atoms with Crippen LogP contribution in [0.4, 0.5) is 0 Å². The van der Waals surface area contributed by atoms with Gasteiger partial charge in [-0.25, -0.2) is 4.79 Å². The van der Waals surface area contributed by atoms with Gasteiger partial charge in [-0.2, -0.15) is 0 Å². The van der Waals surface area contributed by atoms with Gasteiger partial charge in [0.25, 0.3) is 0 Å². The lowest BCUT2D eigenvalue weighted by atomic mass is 9.93. The second-order valence-corrected chi connectivity index (χ2v) is 7.58. The minimum Gasteiger partial charge on any atom is -0.508 e. The molecule has 3 aromatic rings. The minimum atomic E-state index is -1.15. The predicted octanol–water partition coefficient (Wildman–Crippen LogP) is 2.54. The second-order valence-electron chi connectivity index (χ2n) is 7.58. The average Bonchev–Trinajstić information content (AvgIpc) is 2.78. The molecule has 3 aromatic carbocycles. The molecular weight excluding hydrogens is 452 g/mol. The SMILES string of the molecule is COc1cc(C(=O)O[C@H]2Cc3c(O)cc(O)cc3O[C@@H]2c2cc(O)c(O)c(O)c2)cc(O)c1O. The van der Waals surface area contributed by atoms with E-state index in [1.54, 1.807) is 0 Å².